The maximum Gasteiger partial charge on any atom is 0.253 e. The molecule has 3 heterocycles. The number of nitrogens with zero attached hydrogens (tertiary/aromatic N) is 5. The van der Waals surface area contributed by atoms with E-state index in [-0.39, 0.29) is 5.91 Å². The molecule has 0 atom stereocenters. The number of piperidine rings is 1. The van der Waals surface area contributed by atoms with Crippen LogP contribution in [0.1, 0.15) is 34.3 Å². The van der Waals surface area contributed by atoms with Crippen LogP contribution in [0.5, 0.6) is 5.75 Å². The van der Waals surface area contributed by atoms with Crippen LogP contribution in [0.25, 0.3) is 0 Å². The fourth-order valence-electron chi connectivity index (χ4n) is 4.10. The third-order valence-electron chi connectivity index (χ3n) is 6.04. The number of amides is 1. The maximum atomic E-state index is 12.4. The first-order valence-corrected chi connectivity index (χ1v) is 11.6. The van der Waals surface area contributed by atoms with Crippen molar-refractivity contribution in [3.8, 4) is 5.75 Å². The predicted molar refractivity (Wildman–Crippen MR) is 130 cm³/mol. The van der Waals surface area contributed by atoms with Crippen molar-refractivity contribution in [2.45, 2.75) is 31.7 Å². The highest BCUT2D eigenvalue weighted by atomic mass is 35.5. The fraction of sp³-hybridized carbons (Fsp3) is 0.458. The summed E-state index contributed by atoms with van der Waals surface area (Å²) in [5.41, 5.74) is 3.40. The molecule has 4 rings (SSSR count). The van der Waals surface area contributed by atoms with Gasteiger partial charge >= 0.3 is 0 Å². The molecule has 1 aromatic heterocycles. The zero-order valence-electron chi connectivity index (χ0n) is 19.3. The monoisotopic (exact) mass is 469 g/mol. The first-order valence-electron chi connectivity index (χ1n) is 11.2. The molecule has 0 unspecified atom stereocenters. The first-order chi connectivity index (χ1) is 15.9. The normalized spacial score (nSPS) is 17.5. The van der Waals surface area contributed by atoms with E-state index in [0.717, 1.165) is 36.5 Å². The molecule has 174 valence electrons. The molecule has 9 heteroatoms. The van der Waals surface area contributed by atoms with E-state index in [9.17, 15) is 4.79 Å². The summed E-state index contributed by atoms with van der Waals surface area (Å²) < 4.78 is 7.73. The largest absolute Gasteiger partial charge is 0.495 e. The quantitative estimate of drug-likeness (QED) is 0.630. The van der Waals surface area contributed by atoms with Gasteiger partial charge in [-0.1, -0.05) is 11.6 Å². The maximum absolute atomic E-state index is 12.4. The Hall–Kier alpha value is -2.84. The Bertz CT molecular complexity index is 1080. The minimum Gasteiger partial charge on any atom is -0.495 e. The molecule has 0 spiro atoms. The molecule has 2 aliphatic rings. The minimum atomic E-state index is -0.0930. The molecule has 0 saturated carbocycles. The van der Waals surface area contributed by atoms with Crippen LogP contribution in [0.2, 0.25) is 5.02 Å². The third-order valence-corrected chi connectivity index (χ3v) is 6.47. The number of hydrogen-bond acceptors (Lipinski definition) is 6. The zero-order chi connectivity index (χ0) is 23.4. The summed E-state index contributed by atoms with van der Waals surface area (Å²) in [7, 11) is 4.99. The van der Waals surface area contributed by atoms with Crippen molar-refractivity contribution in [2.75, 3.05) is 40.8 Å². The summed E-state index contributed by atoms with van der Waals surface area (Å²) in [5.74, 6) is 0.884. The van der Waals surface area contributed by atoms with E-state index < -0.39 is 0 Å². The molecular formula is C24H30ClN6O2+. The first kappa shape index (κ1) is 23.3. The molecule has 1 amide bonds. The zero-order valence-corrected chi connectivity index (χ0v) is 20.1. The number of aliphatic imine (C=N–C) groups is 1. The second-order valence-corrected chi connectivity index (χ2v) is 9.01. The molecule has 2 aromatic rings. The van der Waals surface area contributed by atoms with Crippen molar-refractivity contribution in [1.29, 1.82) is 0 Å². The summed E-state index contributed by atoms with van der Waals surface area (Å²) in [6.45, 7) is 3.03. The van der Waals surface area contributed by atoms with Crippen LogP contribution in [-0.2, 0) is 12.8 Å². The number of aromatic nitrogens is 2. The molecule has 2 aliphatic heterocycles. The van der Waals surface area contributed by atoms with E-state index in [4.69, 9.17) is 16.3 Å². The van der Waals surface area contributed by atoms with Gasteiger partial charge in [-0.25, -0.2) is 19.5 Å². The van der Waals surface area contributed by atoms with Gasteiger partial charge in [0, 0.05) is 58.0 Å². The van der Waals surface area contributed by atoms with Gasteiger partial charge in [0.2, 0.25) is 5.95 Å². The third kappa shape index (κ3) is 5.57. The second kappa shape index (κ2) is 10.4. The number of benzene rings is 1. The van der Waals surface area contributed by atoms with E-state index in [1.165, 1.54) is 17.7 Å². The highest BCUT2D eigenvalue weighted by molar-refractivity contribution is 6.33. The number of methoxy groups -OCH3 is 1. The van der Waals surface area contributed by atoms with Gasteiger partial charge in [0.1, 0.15) is 5.75 Å². The van der Waals surface area contributed by atoms with E-state index in [1.807, 2.05) is 6.07 Å². The number of aryl methyl sites for hydroxylation is 2. The number of carbonyl (C=O) groups is 1. The molecule has 0 aliphatic carbocycles. The Morgan fingerprint density at radius 1 is 1.24 bits per heavy atom. The number of ether oxygens (including phenoxy) is 1. The van der Waals surface area contributed by atoms with Gasteiger partial charge in [-0.15, -0.1) is 0 Å². The lowest BCUT2D eigenvalue weighted by molar-refractivity contribution is -0.561. The summed E-state index contributed by atoms with van der Waals surface area (Å²) in [6.07, 6.45) is 9.40. The summed E-state index contributed by atoms with van der Waals surface area (Å²) in [6, 6.07) is 4.12. The summed E-state index contributed by atoms with van der Waals surface area (Å²) in [4.78, 5) is 27.3. The lowest BCUT2D eigenvalue weighted by Crippen LogP contribution is -2.47. The summed E-state index contributed by atoms with van der Waals surface area (Å²) >= 11 is 6.49. The molecule has 8 nitrogen and oxygen atoms in total. The fourth-order valence-corrected chi connectivity index (χ4v) is 4.38. The van der Waals surface area contributed by atoms with Crippen molar-refractivity contribution in [2.24, 2.45) is 4.99 Å². The van der Waals surface area contributed by atoms with Gasteiger partial charge in [0.15, 0.2) is 24.5 Å². The molecule has 33 heavy (non-hydrogen) atoms. The van der Waals surface area contributed by atoms with Crippen molar-refractivity contribution < 1.29 is 14.1 Å². The Labute approximate surface area is 199 Å². The molecule has 1 aromatic carbocycles. The lowest BCUT2D eigenvalue weighted by atomic mass is 10.0. The molecular weight excluding hydrogens is 440 g/mol. The molecule has 0 radical (unpaired) electrons. The Morgan fingerprint density at radius 3 is 2.58 bits per heavy atom. The van der Waals surface area contributed by atoms with Gasteiger partial charge < -0.3 is 15.0 Å². The topological polar surface area (TPSA) is 82.7 Å². The number of carbonyl (C=O) groups excluding carboxylic acids is 1. The van der Waals surface area contributed by atoms with Gasteiger partial charge in [0.05, 0.1) is 12.1 Å². The SMILES string of the molecule is COc1cc(C(=O)N(C)C)cc(CCc2cnc(N=C3C=[N+](C4CCNCC4)C3)nc2)c1Cl. The molecule has 1 saturated heterocycles. The number of hydrogen-bond donors (Lipinski definition) is 1. The predicted octanol–water partition coefficient (Wildman–Crippen LogP) is 2.55. The molecule has 0 bridgehead atoms. The standard InChI is InChI=1S/C24H30ClN6O2/c1-30(2)23(32)18-10-17(22(25)21(11-18)33-3)5-4-16-12-27-24(28-13-16)29-19-14-31(15-19)20-6-8-26-9-7-20/h10-14,20,26H,4-9,15H2,1-3H3/q+1. The average molecular weight is 470 g/mol. The van der Waals surface area contributed by atoms with Crippen LogP contribution in [0.15, 0.2) is 29.5 Å². The van der Waals surface area contributed by atoms with Gasteiger partial charge in [0.25, 0.3) is 5.91 Å². The van der Waals surface area contributed by atoms with E-state index in [2.05, 4.69) is 31.1 Å². The van der Waals surface area contributed by atoms with Crippen molar-refractivity contribution in [1.82, 2.24) is 20.2 Å². The minimum absolute atomic E-state index is 0.0930. The van der Waals surface area contributed by atoms with Crippen LogP contribution < -0.4 is 10.1 Å². The Morgan fingerprint density at radius 2 is 1.94 bits per heavy atom. The van der Waals surface area contributed by atoms with Crippen LogP contribution in [-0.4, -0.2) is 84.2 Å². The van der Waals surface area contributed by atoms with Crippen LogP contribution in [0.3, 0.4) is 0 Å². The second-order valence-electron chi connectivity index (χ2n) is 8.63. The molecule has 1 fully saturated rings. The van der Waals surface area contributed by atoms with Crippen molar-refractivity contribution >= 4 is 35.4 Å². The van der Waals surface area contributed by atoms with Crippen LogP contribution in [0.4, 0.5) is 5.95 Å². The van der Waals surface area contributed by atoms with Crippen LogP contribution >= 0.6 is 11.6 Å². The number of nitrogens with one attached hydrogen (secondary N) is 1. The highest BCUT2D eigenvalue weighted by Gasteiger charge is 2.31. The van der Waals surface area contributed by atoms with Gasteiger partial charge in [-0.05, 0) is 36.1 Å². The van der Waals surface area contributed by atoms with E-state index in [1.54, 1.807) is 39.7 Å². The molecule has 1 N–H and O–H groups in total. The van der Waals surface area contributed by atoms with Gasteiger partial charge in [-0.2, -0.15) is 0 Å². The Kier molecular flexibility index (Phi) is 7.35. The number of rotatable bonds is 7. The van der Waals surface area contributed by atoms with E-state index in [0.29, 0.717) is 41.2 Å². The van der Waals surface area contributed by atoms with Crippen molar-refractivity contribution in [3.63, 3.8) is 0 Å². The smallest absolute Gasteiger partial charge is 0.253 e. The van der Waals surface area contributed by atoms with Crippen LogP contribution in [0, 0.1) is 0 Å². The Balaban J connectivity index is 1.39. The van der Waals surface area contributed by atoms with Crippen molar-refractivity contribution in [3.05, 3.63) is 46.2 Å². The number of halogens is 1. The lowest BCUT2D eigenvalue weighted by Gasteiger charge is -2.24. The van der Waals surface area contributed by atoms with Gasteiger partial charge in [-0.3, -0.25) is 4.79 Å². The highest BCUT2D eigenvalue weighted by Crippen LogP contribution is 2.31. The van der Waals surface area contributed by atoms with E-state index >= 15 is 0 Å². The average Bonchev–Trinajstić information content (AvgIpc) is 2.81. The summed E-state index contributed by atoms with van der Waals surface area (Å²) in [5, 5.41) is 3.92.